The van der Waals surface area contributed by atoms with Crippen molar-refractivity contribution in [1.29, 1.82) is 0 Å². The van der Waals surface area contributed by atoms with Gasteiger partial charge in [-0.2, -0.15) is 0 Å². The number of halogens is 1. The standard InChI is InChI=1S/C21H34BrNO/c1-3-4-5-6-7-11-14-20(17-18(2)22)23-16-15-21(24)19-12-9-8-10-13-19/h8-10,12-13,18,20,23H,3-7,11,14-17H2,1-2H3. The average Bonchev–Trinajstić information content (AvgIpc) is 2.58. The molecule has 0 heterocycles. The van der Waals surface area contributed by atoms with Gasteiger partial charge in [-0.1, -0.05) is 98.6 Å². The topological polar surface area (TPSA) is 29.1 Å². The Labute approximate surface area is 156 Å². The van der Waals surface area contributed by atoms with Crippen LogP contribution in [0.25, 0.3) is 0 Å². The molecule has 0 saturated heterocycles. The molecule has 0 spiro atoms. The van der Waals surface area contributed by atoms with Gasteiger partial charge in [0.1, 0.15) is 0 Å². The highest BCUT2D eigenvalue weighted by atomic mass is 79.9. The SMILES string of the molecule is CCCCCCCCC(CC(C)Br)NCCC(=O)c1ccccc1. The normalized spacial score (nSPS) is 13.6. The second-order valence-electron chi connectivity index (χ2n) is 6.76. The molecule has 1 aromatic rings. The zero-order valence-corrected chi connectivity index (χ0v) is 17.0. The van der Waals surface area contributed by atoms with Crippen molar-refractivity contribution in [3.05, 3.63) is 35.9 Å². The van der Waals surface area contributed by atoms with Crippen molar-refractivity contribution < 1.29 is 4.79 Å². The van der Waals surface area contributed by atoms with Gasteiger partial charge in [0.25, 0.3) is 0 Å². The number of hydrogen-bond acceptors (Lipinski definition) is 2. The van der Waals surface area contributed by atoms with Crippen molar-refractivity contribution in [2.45, 2.75) is 82.5 Å². The third-order valence-corrected chi connectivity index (χ3v) is 4.77. The van der Waals surface area contributed by atoms with Crippen LogP contribution in [0.15, 0.2) is 30.3 Å². The lowest BCUT2D eigenvalue weighted by molar-refractivity contribution is 0.0981. The largest absolute Gasteiger partial charge is 0.313 e. The lowest BCUT2D eigenvalue weighted by Gasteiger charge is -2.20. The zero-order valence-electron chi connectivity index (χ0n) is 15.4. The fourth-order valence-corrected chi connectivity index (χ4v) is 3.48. The molecule has 2 unspecified atom stereocenters. The van der Waals surface area contributed by atoms with E-state index in [4.69, 9.17) is 0 Å². The molecule has 0 bridgehead atoms. The maximum Gasteiger partial charge on any atom is 0.164 e. The predicted octanol–water partition coefficient (Wildman–Crippen LogP) is 6.14. The highest BCUT2D eigenvalue weighted by molar-refractivity contribution is 9.09. The molecule has 0 radical (unpaired) electrons. The van der Waals surface area contributed by atoms with Crippen molar-refractivity contribution in [2.24, 2.45) is 0 Å². The Morgan fingerprint density at radius 1 is 1.08 bits per heavy atom. The van der Waals surface area contributed by atoms with E-state index in [1.165, 1.54) is 44.9 Å². The van der Waals surface area contributed by atoms with Gasteiger partial charge in [0.2, 0.25) is 0 Å². The van der Waals surface area contributed by atoms with Crippen molar-refractivity contribution in [2.75, 3.05) is 6.54 Å². The Morgan fingerprint density at radius 2 is 1.75 bits per heavy atom. The second-order valence-corrected chi connectivity index (χ2v) is 8.33. The van der Waals surface area contributed by atoms with Crippen molar-refractivity contribution >= 4 is 21.7 Å². The number of alkyl halides is 1. The van der Waals surface area contributed by atoms with Gasteiger partial charge in [0.15, 0.2) is 5.78 Å². The Balaban J connectivity index is 2.25. The van der Waals surface area contributed by atoms with E-state index in [0.29, 0.717) is 17.3 Å². The number of Topliss-reactive ketones (excluding diaryl/α,β-unsaturated/α-hetero) is 1. The molecule has 3 heteroatoms. The van der Waals surface area contributed by atoms with Gasteiger partial charge in [-0.3, -0.25) is 4.79 Å². The minimum atomic E-state index is 0.230. The molecule has 0 amide bonds. The summed E-state index contributed by atoms with van der Waals surface area (Å²) in [6.07, 6.45) is 10.9. The molecule has 0 aliphatic heterocycles. The molecule has 136 valence electrons. The first-order chi connectivity index (χ1) is 11.6. The third-order valence-electron chi connectivity index (χ3n) is 4.40. The summed E-state index contributed by atoms with van der Waals surface area (Å²) in [6.45, 7) is 5.23. The fraction of sp³-hybridized carbons (Fsp3) is 0.667. The molecular formula is C21H34BrNO. The summed E-state index contributed by atoms with van der Waals surface area (Å²) in [5, 5.41) is 3.60. The van der Waals surface area contributed by atoms with Gasteiger partial charge >= 0.3 is 0 Å². The zero-order chi connectivity index (χ0) is 17.6. The van der Waals surface area contributed by atoms with Crippen LogP contribution >= 0.6 is 15.9 Å². The molecule has 1 aromatic carbocycles. The van der Waals surface area contributed by atoms with Gasteiger partial charge in [-0.25, -0.2) is 0 Å². The number of carbonyl (C=O) groups is 1. The number of hydrogen-bond donors (Lipinski definition) is 1. The minimum absolute atomic E-state index is 0.230. The summed E-state index contributed by atoms with van der Waals surface area (Å²) in [4.78, 5) is 12.7. The maximum absolute atomic E-state index is 12.2. The van der Waals surface area contributed by atoms with E-state index in [1.807, 2.05) is 30.3 Å². The van der Waals surface area contributed by atoms with E-state index in [2.05, 4.69) is 35.1 Å². The first kappa shape index (κ1) is 21.4. The summed E-state index contributed by atoms with van der Waals surface area (Å²) in [6, 6.07) is 10.1. The van der Waals surface area contributed by atoms with E-state index < -0.39 is 0 Å². The molecule has 24 heavy (non-hydrogen) atoms. The van der Waals surface area contributed by atoms with E-state index in [-0.39, 0.29) is 5.78 Å². The number of benzene rings is 1. The molecule has 1 rings (SSSR count). The van der Waals surface area contributed by atoms with Crippen molar-refractivity contribution in [1.82, 2.24) is 5.32 Å². The molecule has 1 N–H and O–H groups in total. The number of rotatable bonds is 14. The van der Waals surface area contributed by atoms with Crippen LogP contribution in [0.1, 0.15) is 82.0 Å². The first-order valence-electron chi connectivity index (χ1n) is 9.59. The fourth-order valence-electron chi connectivity index (χ4n) is 3.02. The summed E-state index contributed by atoms with van der Waals surface area (Å²) >= 11 is 3.67. The Kier molecular flexibility index (Phi) is 12.1. The van der Waals surface area contributed by atoms with E-state index in [1.54, 1.807) is 0 Å². The van der Waals surface area contributed by atoms with Crippen LogP contribution in [0.2, 0.25) is 0 Å². The van der Waals surface area contributed by atoms with Crippen LogP contribution in [-0.2, 0) is 0 Å². The monoisotopic (exact) mass is 395 g/mol. The highest BCUT2D eigenvalue weighted by Gasteiger charge is 2.12. The molecule has 0 aliphatic carbocycles. The van der Waals surface area contributed by atoms with Gasteiger partial charge in [0, 0.05) is 29.4 Å². The quantitative estimate of drug-likeness (QED) is 0.232. The predicted molar refractivity (Wildman–Crippen MR) is 108 cm³/mol. The van der Waals surface area contributed by atoms with E-state index >= 15 is 0 Å². The summed E-state index contributed by atoms with van der Waals surface area (Å²) in [5.74, 6) is 0.230. The van der Waals surface area contributed by atoms with E-state index in [9.17, 15) is 4.79 Å². The van der Waals surface area contributed by atoms with Crippen LogP contribution in [-0.4, -0.2) is 23.2 Å². The number of nitrogens with one attached hydrogen (secondary N) is 1. The van der Waals surface area contributed by atoms with Gasteiger partial charge < -0.3 is 5.32 Å². The lowest BCUT2D eigenvalue weighted by atomic mass is 10.0. The van der Waals surface area contributed by atoms with Gasteiger partial charge in [-0.05, 0) is 12.8 Å². The second kappa shape index (κ2) is 13.6. The van der Waals surface area contributed by atoms with Crippen LogP contribution < -0.4 is 5.32 Å². The number of carbonyl (C=O) groups excluding carboxylic acids is 1. The molecule has 0 aromatic heterocycles. The smallest absolute Gasteiger partial charge is 0.164 e. The Hall–Kier alpha value is -0.670. The molecule has 0 aliphatic rings. The Morgan fingerprint density at radius 3 is 2.42 bits per heavy atom. The van der Waals surface area contributed by atoms with Crippen LogP contribution in [0.5, 0.6) is 0 Å². The first-order valence-corrected chi connectivity index (χ1v) is 10.5. The number of unbranched alkanes of at least 4 members (excludes halogenated alkanes) is 5. The summed E-state index contributed by atoms with van der Waals surface area (Å²) in [7, 11) is 0. The van der Waals surface area contributed by atoms with E-state index in [0.717, 1.165) is 18.5 Å². The molecule has 0 fully saturated rings. The van der Waals surface area contributed by atoms with Gasteiger partial charge in [0.05, 0.1) is 0 Å². The Bertz CT molecular complexity index is 433. The maximum atomic E-state index is 12.2. The van der Waals surface area contributed by atoms with Crippen LogP contribution in [0.4, 0.5) is 0 Å². The third kappa shape index (κ3) is 10.2. The van der Waals surface area contributed by atoms with Crippen molar-refractivity contribution in [3.8, 4) is 0 Å². The minimum Gasteiger partial charge on any atom is -0.313 e. The highest BCUT2D eigenvalue weighted by Crippen LogP contribution is 2.15. The molecular weight excluding hydrogens is 362 g/mol. The molecule has 2 atom stereocenters. The molecule has 0 saturated carbocycles. The summed E-state index contributed by atoms with van der Waals surface area (Å²) in [5.41, 5.74) is 0.820. The summed E-state index contributed by atoms with van der Waals surface area (Å²) < 4.78 is 0. The lowest BCUT2D eigenvalue weighted by Crippen LogP contribution is -2.32. The number of ketones is 1. The average molecular weight is 396 g/mol. The van der Waals surface area contributed by atoms with Crippen LogP contribution in [0, 0.1) is 0 Å². The van der Waals surface area contributed by atoms with Crippen molar-refractivity contribution in [3.63, 3.8) is 0 Å². The van der Waals surface area contributed by atoms with Crippen LogP contribution in [0.3, 0.4) is 0 Å². The molecule has 2 nitrogen and oxygen atoms in total. The van der Waals surface area contributed by atoms with Gasteiger partial charge in [-0.15, -0.1) is 0 Å².